The highest BCUT2D eigenvalue weighted by Gasteiger charge is 2.05. The van der Waals surface area contributed by atoms with Crippen LogP contribution in [-0.2, 0) is 0 Å². The van der Waals surface area contributed by atoms with Gasteiger partial charge in [-0.2, -0.15) is 0 Å². The Morgan fingerprint density at radius 2 is 2.38 bits per heavy atom. The van der Waals surface area contributed by atoms with Crippen LogP contribution in [0, 0.1) is 5.82 Å². The average molecular weight is 201 g/mol. The Labute approximate surface area is 81.2 Å². The first-order chi connectivity index (χ1) is 6.27. The third kappa shape index (κ3) is 2.84. The van der Waals surface area contributed by atoms with E-state index in [1.807, 2.05) is 6.92 Å². The fourth-order valence-electron chi connectivity index (χ4n) is 0.772. The Morgan fingerprint density at radius 3 is 3.00 bits per heavy atom. The summed E-state index contributed by atoms with van der Waals surface area (Å²) in [6.07, 6.45) is 2.19. The number of thioether (sulfide) groups is 1. The van der Waals surface area contributed by atoms with E-state index in [9.17, 15) is 4.39 Å². The summed E-state index contributed by atoms with van der Waals surface area (Å²) in [4.78, 5) is 7.75. The second-order valence-electron chi connectivity index (χ2n) is 2.45. The molecule has 0 radical (unpaired) electrons. The van der Waals surface area contributed by atoms with Gasteiger partial charge in [-0.15, -0.1) is 11.8 Å². The number of nitrogens with one attached hydrogen (secondary N) is 1. The zero-order valence-corrected chi connectivity index (χ0v) is 8.49. The van der Waals surface area contributed by atoms with Crippen molar-refractivity contribution in [3.8, 4) is 0 Å². The minimum absolute atomic E-state index is 0.350. The van der Waals surface area contributed by atoms with Crippen LogP contribution in [0.5, 0.6) is 0 Å². The molecule has 5 heteroatoms. The van der Waals surface area contributed by atoms with Crippen LogP contribution >= 0.6 is 11.8 Å². The van der Waals surface area contributed by atoms with Crippen LogP contribution in [0.2, 0.25) is 0 Å². The van der Waals surface area contributed by atoms with Gasteiger partial charge < -0.3 is 5.32 Å². The van der Waals surface area contributed by atoms with E-state index >= 15 is 0 Å². The summed E-state index contributed by atoms with van der Waals surface area (Å²) < 4.78 is 13.1. The summed E-state index contributed by atoms with van der Waals surface area (Å²) in [6, 6.07) is 0. The predicted molar refractivity (Wildman–Crippen MR) is 52.6 cm³/mol. The Hall–Kier alpha value is -0.840. The summed E-state index contributed by atoms with van der Waals surface area (Å²) in [5.41, 5.74) is 0. The van der Waals surface area contributed by atoms with E-state index in [-0.39, 0.29) is 5.82 Å². The first-order valence-electron chi connectivity index (χ1n) is 4.11. The number of aromatic nitrogens is 2. The zero-order valence-electron chi connectivity index (χ0n) is 7.67. The molecule has 0 aliphatic rings. The maximum atomic E-state index is 13.1. The molecule has 0 aromatic carbocycles. The van der Waals surface area contributed by atoms with Gasteiger partial charge in [0.25, 0.3) is 0 Å². The van der Waals surface area contributed by atoms with E-state index in [0.29, 0.717) is 11.0 Å². The molecule has 0 spiro atoms. The van der Waals surface area contributed by atoms with Crippen molar-refractivity contribution in [2.45, 2.75) is 18.4 Å². The largest absolute Gasteiger partial charge is 0.357 e. The van der Waals surface area contributed by atoms with Crippen LogP contribution in [0.1, 0.15) is 13.3 Å². The lowest BCUT2D eigenvalue weighted by Gasteiger charge is -2.02. The third-order valence-electron chi connectivity index (χ3n) is 1.38. The van der Waals surface area contributed by atoms with E-state index in [0.717, 1.165) is 12.2 Å². The molecule has 13 heavy (non-hydrogen) atoms. The molecular weight excluding hydrogens is 189 g/mol. The predicted octanol–water partition coefficient (Wildman–Crippen LogP) is 2.16. The minimum Gasteiger partial charge on any atom is -0.357 e. The van der Waals surface area contributed by atoms with Gasteiger partial charge in [-0.05, 0) is 12.2 Å². The Morgan fingerprint density at radius 1 is 1.62 bits per heavy atom. The number of anilines is 1. The normalized spacial score (nSPS) is 10.1. The van der Waals surface area contributed by atoms with E-state index in [1.54, 1.807) is 7.05 Å². The van der Waals surface area contributed by atoms with Crippen LogP contribution in [0.4, 0.5) is 10.3 Å². The number of halogens is 1. The van der Waals surface area contributed by atoms with E-state index in [1.165, 1.54) is 18.0 Å². The molecule has 3 nitrogen and oxygen atoms in total. The molecule has 1 heterocycles. The molecule has 0 aliphatic heterocycles. The van der Waals surface area contributed by atoms with Crippen LogP contribution in [0.25, 0.3) is 0 Å². The summed E-state index contributed by atoms with van der Waals surface area (Å²) in [5.74, 6) is 0.981. The van der Waals surface area contributed by atoms with E-state index in [2.05, 4.69) is 15.3 Å². The van der Waals surface area contributed by atoms with Crippen LogP contribution < -0.4 is 5.32 Å². The van der Waals surface area contributed by atoms with Gasteiger partial charge in [0.15, 0.2) is 5.82 Å². The molecule has 0 saturated carbocycles. The van der Waals surface area contributed by atoms with Crippen molar-refractivity contribution in [1.82, 2.24) is 9.97 Å². The smallest absolute Gasteiger partial charge is 0.223 e. The van der Waals surface area contributed by atoms with E-state index in [4.69, 9.17) is 0 Å². The van der Waals surface area contributed by atoms with Crippen LogP contribution in [0.15, 0.2) is 11.2 Å². The van der Waals surface area contributed by atoms with Gasteiger partial charge >= 0.3 is 0 Å². The molecular formula is C8H12FN3S. The zero-order chi connectivity index (χ0) is 9.68. The standard InChI is InChI=1S/C8H12FN3S/c1-3-4-13-7-6(9)5-11-8(10-2)12-7/h5H,3-4H2,1-2H3,(H,10,11,12). The number of hydrogen-bond donors (Lipinski definition) is 1. The van der Waals surface area contributed by atoms with Gasteiger partial charge in [-0.1, -0.05) is 6.92 Å². The number of hydrogen-bond acceptors (Lipinski definition) is 4. The fourth-order valence-corrected chi connectivity index (χ4v) is 1.51. The average Bonchev–Trinajstić information content (AvgIpc) is 2.17. The highest BCUT2D eigenvalue weighted by atomic mass is 32.2. The van der Waals surface area contributed by atoms with Crippen LogP contribution in [-0.4, -0.2) is 22.8 Å². The number of nitrogens with zero attached hydrogens (tertiary/aromatic N) is 2. The lowest BCUT2D eigenvalue weighted by molar-refractivity contribution is 0.580. The maximum Gasteiger partial charge on any atom is 0.223 e. The molecule has 0 bridgehead atoms. The Balaban J connectivity index is 2.78. The maximum absolute atomic E-state index is 13.1. The Bertz CT molecular complexity index is 280. The monoisotopic (exact) mass is 201 g/mol. The minimum atomic E-state index is -0.350. The summed E-state index contributed by atoms with van der Waals surface area (Å²) in [6.45, 7) is 2.05. The van der Waals surface area contributed by atoms with Crippen molar-refractivity contribution in [2.75, 3.05) is 18.1 Å². The SMILES string of the molecule is CCCSc1nc(NC)ncc1F. The Kier molecular flexibility index (Phi) is 3.95. The highest BCUT2D eigenvalue weighted by molar-refractivity contribution is 7.99. The van der Waals surface area contributed by atoms with Crippen LogP contribution in [0.3, 0.4) is 0 Å². The van der Waals surface area contributed by atoms with E-state index < -0.39 is 0 Å². The van der Waals surface area contributed by atoms with Gasteiger partial charge in [0.1, 0.15) is 5.03 Å². The topological polar surface area (TPSA) is 37.8 Å². The van der Waals surface area contributed by atoms with Gasteiger partial charge in [0.05, 0.1) is 6.20 Å². The van der Waals surface area contributed by atoms with Crippen molar-refractivity contribution in [3.05, 3.63) is 12.0 Å². The second kappa shape index (κ2) is 5.01. The first-order valence-corrected chi connectivity index (χ1v) is 5.09. The molecule has 1 rings (SSSR count). The summed E-state index contributed by atoms with van der Waals surface area (Å²) >= 11 is 1.41. The molecule has 0 aliphatic carbocycles. The summed E-state index contributed by atoms with van der Waals surface area (Å²) in [5, 5.41) is 3.19. The lowest BCUT2D eigenvalue weighted by Crippen LogP contribution is -1.99. The van der Waals surface area contributed by atoms with Crippen molar-refractivity contribution in [3.63, 3.8) is 0 Å². The van der Waals surface area contributed by atoms with Crippen molar-refractivity contribution in [2.24, 2.45) is 0 Å². The molecule has 1 N–H and O–H groups in total. The lowest BCUT2D eigenvalue weighted by atomic mass is 10.6. The first kappa shape index (κ1) is 10.2. The fraction of sp³-hybridized carbons (Fsp3) is 0.500. The molecule has 1 aromatic heterocycles. The molecule has 0 saturated heterocycles. The summed E-state index contributed by atoms with van der Waals surface area (Å²) in [7, 11) is 1.71. The second-order valence-corrected chi connectivity index (χ2v) is 3.53. The van der Waals surface area contributed by atoms with Gasteiger partial charge in [0, 0.05) is 7.05 Å². The van der Waals surface area contributed by atoms with Crippen molar-refractivity contribution >= 4 is 17.7 Å². The van der Waals surface area contributed by atoms with Gasteiger partial charge in [-0.3, -0.25) is 0 Å². The quantitative estimate of drug-likeness (QED) is 0.598. The molecule has 0 unspecified atom stereocenters. The molecule has 0 atom stereocenters. The molecule has 72 valence electrons. The third-order valence-corrected chi connectivity index (χ3v) is 2.55. The van der Waals surface area contributed by atoms with Crippen molar-refractivity contribution in [1.29, 1.82) is 0 Å². The molecule has 0 fully saturated rings. The molecule has 0 amide bonds. The molecule has 1 aromatic rings. The number of rotatable bonds is 4. The van der Waals surface area contributed by atoms with Gasteiger partial charge in [0.2, 0.25) is 5.95 Å². The van der Waals surface area contributed by atoms with Crippen molar-refractivity contribution < 1.29 is 4.39 Å². The van der Waals surface area contributed by atoms with Gasteiger partial charge in [-0.25, -0.2) is 14.4 Å². The highest BCUT2D eigenvalue weighted by Crippen LogP contribution is 2.20.